The molecule has 0 amide bonds. The minimum atomic E-state index is -3.90. The van der Waals surface area contributed by atoms with Crippen LogP contribution >= 0.6 is 0 Å². The monoisotopic (exact) mass is 305 g/mol. The molecule has 3 N–H and O–H groups in total. The fourth-order valence-electron chi connectivity index (χ4n) is 1.57. The average Bonchev–Trinajstić information content (AvgIpc) is 2.37. The normalized spacial score (nSPS) is 11.6. The third-order valence-corrected chi connectivity index (χ3v) is 4.08. The number of rotatable bonds is 7. The van der Waals surface area contributed by atoms with Gasteiger partial charge in [-0.1, -0.05) is 0 Å². The first-order valence-corrected chi connectivity index (χ1v) is 7.42. The molecule has 0 saturated heterocycles. The number of nitrogens with one attached hydrogen (secondary N) is 1. The van der Waals surface area contributed by atoms with Gasteiger partial charge in [0.15, 0.2) is 0 Å². The van der Waals surface area contributed by atoms with Gasteiger partial charge in [-0.15, -0.1) is 0 Å². The highest BCUT2D eigenvalue weighted by molar-refractivity contribution is 7.89. The zero-order valence-electron chi connectivity index (χ0n) is 10.9. The second kappa shape index (κ2) is 6.73. The van der Waals surface area contributed by atoms with Crippen LogP contribution < -0.4 is 10.5 Å². The molecule has 0 radical (unpaired) electrons. The Morgan fingerprint density at radius 1 is 1.40 bits per heavy atom. The van der Waals surface area contributed by atoms with Crippen molar-refractivity contribution in [3.63, 3.8) is 0 Å². The fraction of sp³-hybridized carbons (Fsp3) is 0.455. The van der Waals surface area contributed by atoms with Gasteiger partial charge in [0.25, 0.3) is 0 Å². The van der Waals surface area contributed by atoms with Crippen LogP contribution in [-0.2, 0) is 10.0 Å². The number of benzene rings is 1. The van der Waals surface area contributed by atoms with Crippen LogP contribution in [0.3, 0.4) is 0 Å². The molecule has 0 spiro atoms. The molecular formula is C11H16FN3O4S. The summed E-state index contributed by atoms with van der Waals surface area (Å²) in [5, 5.41) is 10.7. The van der Waals surface area contributed by atoms with Gasteiger partial charge in [-0.05, 0) is 37.9 Å². The highest BCUT2D eigenvalue weighted by atomic mass is 32.2. The van der Waals surface area contributed by atoms with Crippen LogP contribution in [0.15, 0.2) is 17.0 Å². The molecule has 7 nitrogen and oxygen atoms in total. The molecule has 9 heteroatoms. The molecule has 0 aliphatic heterocycles. The Balaban J connectivity index is 3.04. The number of unbranched alkanes of at least 4 members (excludes halogenated alkanes) is 1. The molecule has 1 rings (SSSR count). The third kappa shape index (κ3) is 3.95. The lowest BCUT2D eigenvalue weighted by Gasteiger charge is -2.08. The number of hydrogen-bond donors (Lipinski definition) is 2. The first kappa shape index (κ1) is 16.5. The molecule has 0 aromatic heterocycles. The molecule has 0 heterocycles. The Morgan fingerprint density at radius 3 is 2.60 bits per heavy atom. The molecule has 0 bridgehead atoms. The maximum Gasteiger partial charge on any atom is 0.306 e. The molecule has 0 unspecified atom stereocenters. The van der Waals surface area contributed by atoms with Gasteiger partial charge in [0, 0.05) is 12.6 Å². The summed E-state index contributed by atoms with van der Waals surface area (Å²) in [6, 6.07) is 1.78. The predicted molar refractivity (Wildman–Crippen MR) is 71.3 cm³/mol. The van der Waals surface area contributed by atoms with Crippen molar-refractivity contribution in [2.45, 2.75) is 24.7 Å². The molecule has 0 aliphatic rings. The van der Waals surface area contributed by atoms with Gasteiger partial charge in [0.05, 0.1) is 9.82 Å². The van der Waals surface area contributed by atoms with Crippen LogP contribution in [-0.4, -0.2) is 26.4 Å². The maximum absolute atomic E-state index is 13.5. The number of sulfonamides is 1. The van der Waals surface area contributed by atoms with Crippen molar-refractivity contribution in [3.8, 4) is 0 Å². The molecule has 20 heavy (non-hydrogen) atoms. The van der Waals surface area contributed by atoms with Crippen LogP contribution in [0.2, 0.25) is 0 Å². The van der Waals surface area contributed by atoms with E-state index in [1.165, 1.54) is 6.92 Å². The average molecular weight is 305 g/mol. The summed E-state index contributed by atoms with van der Waals surface area (Å²) in [7, 11) is -3.90. The SMILES string of the molecule is Cc1cc(S(=O)(=O)NCCCCN)cc([N+](=O)[O-])c1F. The van der Waals surface area contributed by atoms with Crippen molar-refractivity contribution in [2.75, 3.05) is 13.1 Å². The van der Waals surface area contributed by atoms with E-state index in [1.54, 1.807) is 0 Å². The van der Waals surface area contributed by atoms with Crippen LogP contribution in [0.25, 0.3) is 0 Å². The van der Waals surface area contributed by atoms with E-state index < -0.39 is 26.5 Å². The Kier molecular flexibility index (Phi) is 5.54. The number of nitrogens with zero attached hydrogens (tertiary/aromatic N) is 1. The molecular weight excluding hydrogens is 289 g/mol. The fourth-order valence-corrected chi connectivity index (χ4v) is 2.74. The van der Waals surface area contributed by atoms with Gasteiger partial charge < -0.3 is 5.73 Å². The van der Waals surface area contributed by atoms with Crippen molar-refractivity contribution >= 4 is 15.7 Å². The Hall–Kier alpha value is -1.58. The van der Waals surface area contributed by atoms with E-state index in [9.17, 15) is 22.9 Å². The summed E-state index contributed by atoms with van der Waals surface area (Å²) in [6.45, 7) is 1.89. The molecule has 0 aliphatic carbocycles. The lowest BCUT2D eigenvalue weighted by molar-refractivity contribution is -0.387. The molecule has 1 aromatic carbocycles. The van der Waals surface area contributed by atoms with E-state index in [2.05, 4.69) is 4.72 Å². The number of nitrogens with two attached hydrogens (primary N) is 1. The smallest absolute Gasteiger partial charge is 0.306 e. The minimum Gasteiger partial charge on any atom is -0.330 e. The van der Waals surface area contributed by atoms with E-state index in [0.29, 0.717) is 25.5 Å². The van der Waals surface area contributed by atoms with E-state index in [-0.39, 0.29) is 17.0 Å². The number of aryl methyl sites for hydroxylation is 1. The quantitative estimate of drug-likeness (QED) is 0.444. The Bertz CT molecular complexity index is 604. The summed E-state index contributed by atoms with van der Waals surface area (Å²) < 4.78 is 39.7. The number of hydrogen-bond acceptors (Lipinski definition) is 5. The topological polar surface area (TPSA) is 115 Å². The third-order valence-electron chi connectivity index (χ3n) is 2.64. The second-order valence-electron chi connectivity index (χ2n) is 4.22. The van der Waals surface area contributed by atoms with Crippen LogP contribution in [0.5, 0.6) is 0 Å². The summed E-state index contributed by atoms with van der Waals surface area (Å²) in [4.78, 5) is 9.42. The standard InChI is InChI=1S/C11H16FN3O4S/c1-8-6-9(7-10(11(8)12)15(16)17)20(18,19)14-5-3-2-4-13/h6-7,14H,2-5,13H2,1H3. The van der Waals surface area contributed by atoms with E-state index in [4.69, 9.17) is 5.73 Å². The lowest BCUT2D eigenvalue weighted by Crippen LogP contribution is -2.25. The van der Waals surface area contributed by atoms with Crippen LogP contribution in [0.4, 0.5) is 10.1 Å². The number of nitro groups is 1. The number of halogens is 1. The zero-order valence-corrected chi connectivity index (χ0v) is 11.7. The van der Waals surface area contributed by atoms with Gasteiger partial charge in [-0.3, -0.25) is 10.1 Å². The zero-order chi connectivity index (χ0) is 15.3. The van der Waals surface area contributed by atoms with Gasteiger partial charge in [-0.2, -0.15) is 4.39 Å². The molecule has 112 valence electrons. The van der Waals surface area contributed by atoms with E-state index in [1.807, 2.05) is 0 Å². The lowest BCUT2D eigenvalue weighted by atomic mass is 10.2. The first-order valence-electron chi connectivity index (χ1n) is 5.94. The summed E-state index contributed by atoms with van der Waals surface area (Å²) in [6.07, 6.45) is 1.21. The molecule has 0 fully saturated rings. The summed E-state index contributed by atoms with van der Waals surface area (Å²) in [5.41, 5.74) is 4.34. The van der Waals surface area contributed by atoms with Crippen molar-refractivity contribution < 1.29 is 17.7 Å². The van der Waals surface area contributed by atoms with Crippen molar-refractivity contribution in [1.29, 1.82) is 0 Å². The summed E-state index contributed by atoms with van der Waals surface area (Å²) >= 11 is 0. The highest BCUT2D eigenvalue weighted by Crippen LogP contribution is 2.24. The molecule has 1 aromatic rings. The predicted octanol–water partition coefficient (Wildman–Crippen LogP) is 1.06. The maximum atomic E-state index is 13.5. The minimum absolute atomic E-state index is 0.0958. The first-order chi connectivity index (χ1) is 9.29. The summed E-state index contributed by atoms with van der Waals surface area (Å²) in [5.74, 6) is -1.03. The molecule has 0 saturated carbocycles. The van der Waals surface area contributed by atoms with Crippen LogP contribution in [0.1, 0.15) is 18.4 Å². The largest absolute Gasteiger partial charge is 0.330 e. The van der Waals surface area contributed by atoms with Crippen LogP contribution in [0, 0.1) is 22.9 Å². The van der Waals surface area contributed by atoms with Gasteiger partial charge in [0.2, 0.25) is 15.8 Å². The van der Waals surface area contributed by atoms with Gasteiger partial charge in [-0.25, -0.2) is 13.1 Å². The highest BCUT2D eigenvalue weighted by Gasteiger charge is 2.23. The Labute approximate surface area is 116 Å². The number of nitro benzene ring substituents is 1. The van der Waals surface area contributed by atoms with E-state index >= 15 is 0 Å². The Morgan fingerprint density at radius 2 is 2.05 bits per heavy atom. The van der Waals surface area contributed by atoms with Crippen molar-refractivity contribution in [3.05, 3.63) is 33.6 Å². The van der Waals surface area contributed by atoms with Crippen molar-refractivity contribution in [2.24, 2.45) is 5.73 Å². The van der Waals surface area contributed by atoms with Gasteiger partial charge >= 0.3 is 5.69 Å². The second-order valence-corrected chi connectivity index (χ2v) is 5.99. The molecule has 0 atom stereocenters. The van der Waals surface area contributed by atoms with Crippen molar-refractivity contribution in [1.82, 2.24) is 4.72 Å². The van der Waals surface area contributed by atoms with E-state index in [0.717, 1.165) is 6.07 Å². The van der Waals surface area contributed by atoms with Gasteiger partial charge in [0.1, 0.15) is 0 Å².